The summed E-state index contributed by atoms with van der Waals surface area (Å²) in [5, 5.41) is 1.22. The number of hydrogen-bond donors (Lipinski definition) is 0. The Morgan fingerprint density at radius 1 is 1.10 bits per heavy atom. The number of aryl methyl sites for hydroxylation is 2. The molecule has 0 atom stereocenters. The van der Waals surface area contributed by atoms with Gasteiger partial charge in [0.1, 0.15) is 5.82 Å². The zero-order chi connectivity index (χ0) is 14.3. The predicted octanol–water partition coefficient (Wildman–Crippen LogP) is 4.90. The molecule has 4 heteroatoms. The first-order valence-corrected chi connectivity index (χ1v) is 6.83. The van der Waals surface area contributed by atoms with Gasteiger partial charge in [0.15, 0.2) is 0 Å². The lowest BCUT2D eigenvalue weighted by molar-refractivity contribution is 0.628. The van der Waals surface area contributed by atoms with Crippen LogP contribution in [0.5, 0.6) is 0 Å². The number of fused-ring (bicyclic) bond motifs is 1. The van der Waals surface area contributed by atoms with E-state index in [9.17, 15) is 4.39 Å². The van der Waals surface area contributed by atoms with Gasteiger partial charge in [-0.3, -0.25) is 4.98 Å². The van der Waals surface area contributed by atoms with E-state index in [1.54, 1.807) is 12.1 Å². The third kappa shape index (κ3) is 2.42. The maximum Gasteiger partial charge on any atom is 0.123 e. The molecule has 0 fully saturated rings. The Hall–Kier alpha value is -1.87. The zero-order valence-corrected chi connectivity index (χ0v) is 13.2. The molecule has 110 valence electrons. The topological polar surface area (TPSA) is 17.8 Å². The average molecular weight is 305 g/mol. The van der Waals surface area contributed by atoms with E-state index in [2.05, 4.69) is 36.4 Å². The van der Waals surface area contributed by atoms with E-state index in [0.717, 1.165) is 23.3 Å². The molecule has 2 aromatic heterocycles. The second-order valence-electron chi connectivity index (χ2n) is 5.02. The van der Waals surface area contributed by atoms with Crippen LogP contribution in [0.2, 0.25) is 0 Å². The quantitative estimate of drug-likeness (QED) is 0.658. The highest BCUT2D eigenvalue weighted by Gasteiger charge is 2.15. The molecule has 0 spiro atoms. The maximum atomic E-state index is 13.1. The molecule has 0 aliphatic rings. The molecule has 0 bridgehead atoms. The smallest absolute Gasteiger partial charge is 0.123 e. The standard InChI is InChI=1S/C17H17FN2.ClH/c1-4-20-12(3)11(2)15-9-10-19-16(17(15)20)13-5-7-14(18)8-6-13;/h5-10H,4H2,1-3H3;1H. The van der Waals surface area contributed by atoms with Gasteiger partial charge in [0.25, 0.3) is 0 Å². The Labute approximate surface area is 130 Å². The van der Waals surface area contributed by atoms with Crippen molar-refractivity contribution in [2.45, 2.75) is 27.3 Å². The number of pyridine rings is 1. The first-order chi connectivity index (χ1) is 9.63. The SMILES string of the molecule is CCn1c(C)c(C)c2ccnc(-c3ccc(F)cc3)c21.Cl. The summed E-state index contributed by atoms with van der Waals surface area (Å²) in [4.78, 5) is 4.53. The Kier molecular flexibility index (Phi) is 4.33. The monoisotopic (exact) mass is 304 g/mol. The average Bonchev–Trinajstić information content (AvgIpc) is 2.72. The minimum atomic E-state index is -0.223. The third-order valence-electron chi connectivity index (χ3n) is 3.98. The number of rotatable bonds is 2. The molecule has 0 saturated heterocycles. The number of benzene rings is 1. The highest BCUT2D eigenvalue weighted by molar-refractivity contribution is 5.95. The van der Waals surface area contributed by atoms with Gasteiger partial charge in [-0.05, 0) is 56.7 Å². The number of hydrogen-bond acceptors (Lipinski definition) is 1. The molecule has 3 aromatic rings. The van der Waals surface area contributed by atoms with Crippen molar-refractivity contribution >= 4 is 23.3 Å². The summed E-state index contributed by atoms with van der Waals surface area (Å²) in [5.41, 5.74) is 5.55. The fraction of sp³-hybridized carbons (Fsp3) is 0.235. The predicted molar refractivity (Wildman–Crippen MR) is 87.5 cm³/mol. The minimum absolute atomic E-state index is 0. The number of aromatic nitrogens is 2. The normalized spacial score (nSPS) is 10.7. The third-order valence-corrected chi connectivity index (χ3v) is 3.98. The van der Waals surface area contributed by atoms with E-state index in [4.69, 9.17) is 0 Å². The van der Waals surface area contributed by atoms with Crippen molar-refractivity contribution in [2.24, 2.45) is 0 Å². The summed E-state index contributed by atoms with van der Waals surface area (Å²) in [6.07, 6.45) is 1.83. The minimum Gasteiger partial charge on any atom is -0.343 e. The van der Waals surface area contributed by atoms with Gasteiger partial charge in [-0.25, -0.2) is 4.39 Å². The lowest BCUT2D eigenvalue weighted by Gasteiger charge is -2.08. The zero-order valence-electron chi connectivity index (χ0n) is 12.4. The van der Waals surface area contributed by atoms with Gasteiger partial charge in [-0.2, -0.15) is 0 Å². The second-order valence-corrected chi connectivity index (χ2v) is 5.02. The van der Waals surface area contributed by atoms with E-state index in [1.165, 1.54) is 28.8 Å². The summed E-state index contributed by atoms with van der Waals surface area (Å²) in [6.45, 7) is 7.30. The molecule has 0 radical (unpaired) electrons. The molecule has 0 amide bonds. The molecule has 0 aliphatic carbocycles. The fourth-order valence-corrected chi connectivity index (χ4v) is 2.81. The van der Waals surface area contributed by atoms with Gasteiger partial charge in [0.05, 0.1) is 11.2 Å². The molecule has 0 saturated carbocycles. The lowest BCUT2D eigenvalue weighted by atomic mass is 10.1. The van der Waals surface area contributed by atoms with Crippen molar-refractivity contribution < 1.29 is 4.39 Å². The van der Waals surface area contributed by atoms with Crippen LogP contribution in [0.1, 0.15) is 18.2 Å². The summed E-state index contributed by atoms with van der Waals surface area (Å²) >= 11 is 0. The molecule has 2 heterocycles. The highest BCUT2D eigenvalue weighted by atomic mass is 35.5. The van der Waals surface area contributed by atoms with Gasteiger partial charge >= 0.3 is 0 Å². The van der Waals surface area contributed by atoms with Crippen LogP contribution >= 0.6 is 12.4 Å². The van der Waals surface area contributed by atoms with Crippen molar-refractivity contribution in [3.05, 3.63) is 53.6 Å². The van der Waals surface area contributed by atoms with Crippen molar-refractivity contribution in [1.29, 1.82) is 0 Å². The van der Waals surface area contributed by atoms with E-state index < -0.39 is 0 Å². The van der Waals surface area contributed by atoms with Gasteiger partial charge in [-0.15, -0.1) is 12.4 Å². The Bertz CT molecular complexity index is 776. The number of halogens is 2. The van der Waals surface area contributed by atoms with Crippen LogP contribution < -0.4 is 0 Å². The summed E-state index contributed by atoms with van der Waals surface area (Å²) in [6, 6.07) is 8.59. The van der Waals surface area contributed by atoms with Crippen molar-refractivity contribution in [3.8, 4) is 11.3 Å². The first kappa shape index (κ1) is 15.5. The molecule has 2 nitrogen and oxygen atoms in total. The van der Waals surface area contributed by atoms with Crippen molar-refractivity contribution in [2.75, 3.05) is 0 Å². The first-order valence-electron chi connectivity index (χ1n) is 6.83. The fourth-order valence-electron chi connectivity index (χ4n) is 2.81. The van der Waals surface area contributed by atoms with Gasteiger partial charge in [0.2, 0.25) is 0 Å². The van der Waals surface area contributed by atoms with E-state index in [1.807, 2.05) is 6.20 Å². The van der Waals surface area contributed by atoms with Crippen molar-refractivity contribution in [1.82, 2.24) is 9.55 Å². The Balaban J connectivity index is 0.00000161. The van der Waals surface area contributed by atoms with Crippen LogP contribution in [-0.4, -0.2) is 9.55 Å². The van der Waals surface area contributed by atoms with Gasteiger partial charge in [0, 0.05) is 29.4 Å². The summed E-state index contributed by atoms with van der Waals surface area (Å²) in [7, 11) is 0. The molecule has 3 rings (SSSR count). The van der Waals surface area contributed by atoms with Crippen LogP contribution in [0.4, 0.5) is 4.39 Å². The Morgan fingerprint density at radius 3 is 2.38 bits per heavy atom. The van der Waals surface area contributed by atoms with Crippen LogP contribution in [0, 0.1) is 19.7 Å². The molecule has 1 aromatic carbocycles. The van der Waals surface area contributed by atoms with Crippen LogP contribution in [0.25, 0.3) is 22.2 Å². The molecule has 0 N–H and O–H groups in total. The van der Waals surface area contributed by atoms with E-state index >= 15 is 0 Å². The van der Waals surface area contributed by atoms with Crippen LogP contribution in [-0.2, 0) is 6.54 Å². The summed E-state index contributed by atoms with van der Waals surface area (Å²) < 4.78 is 15.4. The van der Waals surface area contributed by atoms with E-state index in [0.29, 0.717) is 0 Å². The largest absolute Gasteiger partial charge is 0.343 e. The number of nitrogens with zero attached hydrogens (tertiary/aromatic N) is 2. The molecule has 0 aliphatic heterocycles. The van der Waals surface area contributed by atoms with Gasteiger partial charge in [-0.1, -0.05) is 0 Å². The lowest BCUT2D eigenvalue weighted by Crippen LogP contribution is -1.98. The second kappa shape index (κ2) is 5.86. The van der Waals surface area contributed by atoms with Crippen LogP contribution in [0.3, 0.4) is 0 Å². The van der Waals surface area contributed by atoms with Crippen LogP contribution in [0.15, 0.2) is 36.5 Å². The molecular formula is C17H18ClFN2. The van der Waals surface area contributed by atoms with Crippen molar-refractivity contribution in [3.63, 3.8) is 0 Å². The molecule has 21 heavy (non-hydrogen) atoms. The molecule has 0 unspecified atom stereocenters. The van der Waals surface area contributed by atoms with E-state index in [-0.39, 0.29) is 18.2 Å². The van der Waals surface area contributed by atoms with Gasteiger partial charge < -0.3 is 4.57 Å². The molecular weight excluding hydrogens is 287 g/mol. The summed E-state index contributed by atoms with van der Waals surface area (Å²) in [5.74, 6) is -0.223. The highest BCUT2D eigenvalue weighted by Crippen LogP contribution is 2.32. The maximum absolute atomic E-state index is 13.1. The Morgan fingerprint density at radius 2 is 1.76 bits per heavy atom.